The van der Waals surface area contributed by atoms with Crippen LogP contribution in [0.3, 0.4) is 0 Å². The van der Waals surface area contributed by atoms with Gasteiger partial charge in [-0.1, -0.05) is 11.6 Å². The average molecular weight is 344 g/mol. The van der Waals surface area contributed by atoms with Gasteiger partial charge in [-0.2, -0.15) is 0 Å². The van der Waals surface area contributed by atoms with E-state index in [1.165, 1.54) is 0 Å². The van der Waals surface area contributed by atoms with E-state index in [0.29, 0.717) is 19.4 Å². The van der Waals surface area contributed by atoms with Crippen LogP contribution in [0.5, 0.6) is 0 Å². The second kappa shape index (κ2) is 8.38. The van der Waals surface area contributed by atoms with Gasteiger partial charge in [0.15, 0.2) is 0 Å². The summed E-state index contributed by atoms with van der Waals surface area (Å²) in [7, 11) is -3.76. The minimum absolute atomic E-state index is 0. The zero-order chi connectivity index (χ0) is 14.5. The number of halogens is 2. The van der Waals surface area contributed by atoms with E-state index in [9.17, 15) is 18.5 Å². The number of hydrogen-bond acceptors (Lipinski definition) is 5. The summed E-state index contributed by atoms with van der Waals surface area (Å²) in [5, 5.41) is 10.3. The number of nitro benzene ring substituents is 1. The molecule has 0 saturated carbocycles. The Morgan fingerprint density at radius 3 is 2.50 bits per heavy atom. The number of nitro groups is 1. The van der Waals surface area contributed by atoms with Gasteiger partial charge in [0.05, 0.1) is 9.95 Å². The molecule has 0 bridgehead atoms. The first kappa shape index (κ1) is 19.1. The molecule has 10 heteroatoms. The van der Waals surface area contributed by atoms with Gasteiger partial charge in [-0.25, -0.2) is 13.1 Å². The van der Waals surface area contributed by atoms with Crippen molar-refractivity contribution in [2.24, 2.45) is 5.73 Å². The van der Waals surface area contributed by atoms with Crippen LogP contribution < -0.4 is 10.5 Å². The van der Waals surface area contributed by atoms with Crippen LogP contribution in [0.1, 0.15) is 12.8 Å². The normalized spacial score (nSPS) is 10.9. The fourth-order valence-corrected chi connectivity index (χ4v) is 2.99. The van der Waals surface area contributed by atoms with Crippen molar-refractivity contribution in [2.45, 2.75) is 17.7 Å². The second-order valence-electron chi connectivity index (χ2n) is 3.77. The van der Waals surface area contributed by atoms with Gasteiger partial charge in [0.1, 0.15) is 4.90 Å². The zero-order valence-electron chi connectivity index (χ0n) is 10.4. The third kappa shape index (κ3) is 5.22. The lowest BCUT2D eigenvalue weighted by Crippen LogP contribution is -2.25. The maximum atomic E-state index is 11.9. The van der Waals surface area contributed by atoms with Crippen LogP contribution in [-0.4, -0.2) is 26.4 Å². The van der Waals surface area contributed by atoms with Gasteiger partial charge in [-0.15, -0.1) is 12.4 Å². The van der Waals surface area contributed by atoms with Crippen molar-refractivity contribution in [1.29, 1.82) is 0 Å². The fourth-order valence-electron chi connectivity index (χ4n) is 1.37. The highest BCUT2D eigenvalue weighted by Gasteiger charge is 2.19. The molecule has 114 valence electrons. The minimum atomic E-state index is -3.76. The first-order valence-corrected chi connectivity index (χ1v) is 7.38. The lowest BCUT2D eigenvalue weighted by Gasteiger charge is -2.07. The summed E-state index contributed by atoms with van der Waals surface area (Å²) < 4.78 is 26.2. The lowest BCUT2D eigenvalue weighted by molar-refractivity contribution is -0.384. The van der Waals surface area contributed by atoms with Crippen molar-refractivity contribution in [3.05, 3.63) is 33.3 Å². The molecule has 0 fully saturated rings. The fraction of sp³-hybridized carbons (Fsp3) is 0.400. The van der Waals surface area contributed by atoms with Crippen LogP contribution in [-0.2, 0) is 10.0 Å². The summed E-state index contributed by atoms with van der Waals surface area (Å²) in [5.74, 6) is 0. The molecule has 0 amide bonds. The molecule has 0 atom stereocenters. The van der Waals surface area contributed by atoms with Gasteiger partial charge >= 0.3 is 0 Å². The Balaban J connectivity index is 0.00000361. The molecule has 0 radical (unpaired) electrons. The van der Waals surface area contributed by atoms with Crippen molar-refractivity contribution >= 4 is 39.7 Å². The lowest BCUT2D eigenvalue weighted by atomic mass is 10.3. The molecule has 20 heavy (non-hydrogen) atoms. The summed E-state index contributed by atoms with van der Waals surface area (Å²) in [6, 6.07) is 3.22. The van der Waals surface area contributed by atoms with Crippen LogP contribution in [0.2, 0.25) is 5.02 Å². The van der Waals surface area contributed by atoms with Gasteiger partial charge in [0.25, 0.3) is 5.69 Å². The third-order valence-corrected chi connectivity index (χ3v) is 4.28. The van der Waals surface area contributed by atoms with Crippen LogP contribution >= 0.6 is 24.0 Å². The molecule has 1 aromatic carbocycles. The van der Waals surface area contributed by atoms with E-state index in [1.807, 2.05) is 0 Å². The van der Waals surface area contributed by atoms with Crippen LogP contribution in [0.4, 0.5) is 5.69 Å². The van der Waals surface area contributed by atoms with E-state index in [0.717, 1.165) is 18.2 Å². The molecule has 0 aromatic heterocycles. The second-order valence-corrected chi connectivity index (χ2v) is 5.91. The Morgan fingerprint density at radius 1 is 1.35 bits per heavy atom. The number of sulfonamides is 1. The number of non-ortho nitro benzene ring substituents is 1. The van der Waals surface area contributed by atoms with Gasteiger partial charge in [-0.05, 0) is 25.5 Å². The van der Waals surface area contributed by atoms with E-state index in [1.54, 1.807) is 0 Å². The molecule has 0 aliphatic rings. The molecule has 0 aliphatic heterocycles. The van der Waals surface area contributed by atoms with E-state index < -0.39 is 14.9 Å². The number of nitrogens with two attached hydrogens (primary N) is 1. The molecule has 0 aliphatic carbocycles. The first-order chi connectivity index (χ1) is 8.88. The quantitative estimate of drug-likeness (QED) is 0.444. The molecule has 0 saturated heterocycles. The summed E-state index contributed by atoms with van der Waals surface area (Å²) in [4.78, 5) is 9.71. The minimum Gasteiger partial charge on any atom is -0.330 e. The van der Waals surface area contributed by atoms with Gasteiger partial charge in [0, 0.05) is 18.7 Å². The maximum absolute atomic E-state index is 11.9. The number of rotatable bonds is 7. The van der Waals surface area contributed by atoms with Crippen LogP contribution in [0.15, 0.2) is 23.1 Å². The molecule has 3 N–H and O–H groups in total. The molecule has 0 unspecified atom stereocenters. The standard InChI is InChI=1S/C10H14ClN3O4S.ClH/c11-9-7-8(14(15)16)3-4-10(9)19(17,18)13-6-2-1-5-12;/h3-4,7,13H,1-2,5-6,12H2;1H. The monoisotopic (exact) mass is 343 g/mol. The summed E-state index contributed by atoms with van der Waals surface area (Å²) in [5.41, 5.74) is 5.04. The smallest absolute Gasteiger partial charge is 0.271 e. The highest BCUT2D eigenvalue weighted by molar-refractivity contribution is 7.89. The van der Waals surface area contributed by atoms with Gasteiger partial charge < -0.3 is 5.73 Å². The van der Waals surface area contributed by atoms with E-state index in [2.05, 4.69) is 4.72 Å². The van der Waals surface area contributed by atoms with Crippen LogP contribution in [0, 0.1) is 10.1 Å². The third-order valence-electron chi connectivity index (χ3n) is 2.34. The van der Waals surface area contributed by atoms with Crippen molar-refractivity contribution < 1.29 is 13.3 Å². The molecule has 0 heterocycles. The Bertz CT molecular complexity index is 566. The summed E-state index contributed by atoms with van der Waals surface area (Å²) in [6.45, 7) is 0.729. The number of unbranched alkanes of at least 4 members (excludes halogenated alkanes) is 1. The van der Waals surface area contributed by atoms with Gasteiger partial charge in [0.2, 0.25) is 10.0 Å². The number of nitrogens with zero attached hydrogens (tertiary/aromatic N) is 1. The molecular weight excluding hydrogens is 329 g/mol. The Hall–Kier alpha value is -0.930. The van der Waals surface area contributed by atoms with Crippen LogP contribution in [0.25, 0.3) is 0 Å². The number of nitrogens with one attached hydrogen (secondary N) is 1. The van der Waals surface area contributed by atoms with Crippen molar-refractivity contribution in [3.63, 3.8) is 0 Å². The van der Waals surface area contributed by atoms with E-state index >= 15 is 0 Å². The predicted octanol–water partition coefficient (Wildman–Crippen LogP) is 1.69. The topological polar surface area (TPSA) is 115 Å². The van der Waals surface area contributed by atoms with Gasteiger partial charge in [-0.3, -0.25) is 10.1 Å². The van der Waals surface area contributed by atoms with E-state index in [4.69, 9.17) is 17.3 Å². The summed E-state index contributed by atoms with van der Waals surface area (Å²) in [6.07, 6.45) is 1.32. The largest absolute Gasteiger partial charge is 0.330 e. The van der Waals surface area contributed by atoms with Crippen molar-refractivity contribution in [1.82, 2.24) is 4.72 Å². The molecule has 0 spiro atoms. The highest BCUT2D eigenvalue weighted by atomic mass is 35.5. The SMILES string of the molecule is Cl.NCCCCNS(=O)(=O)c1ccc([N+](=O)[O-])cc1Cl. The first-order valence-electron chi connectivity index (χ1n) is 5.52. The molecule has 1 rings (SSSR count). The Labute approximate surface area is 128 Å². The number of hydrogen-bond donors (Lipinski definition) is 2. The highest BCUT2D eigenvalue weighted by Crippen LogP contribution is 2.25. The maximum Gasteiger partial charge on any atom is 0.271 e. The van der Waals surface area contributed by atoms with E-state index in [-0.39, 0.29) is 34.6 Å². The molecular formula is C10H15Cl2N3O4S. The zero-order valence-corrected chi connectivity index (χ0v) is 12.8. The number of benzene rings is 1. The summed E-state index contributed by atoms with van der Waals surface area (Å²) >= 11 is 5.75. The average Bonchev–Trinajstić information content (AvgIpc) is 2.34. The molecule has 1 aromatic rings. The predicted molar refractivity (Wildman–Crippen MR) is 78.8 cm³/mol. The van der Waals surface area contributed by atoms with Crippen molar-refractivity contribution in [2.75, 3.05) is 13.1 Å². The Morgan fingerprint density at radius 2 is 2.00 bits per heavy atom. The Kier molecular flexibility index (Phi) is 7.99. The van der Waals surface area contributed by atoms with Crippen molar-refractivity contribution in [3.8, 4) is 0 Å². The molecule has 7 nitrogen and oxygen atoms in total.